The molecule has 3 aromatic rings. The van der Waals surface area contributed by atoms with E-state index < -0.39 is 18.4 Å². The fourth-order valence-corrected chi connectivity index (χ4v) is 4.49. The van der Waals surface area contributed by atoms with E-state index in [9.17, 15) is 9.59 Å². The first-order valence-corrected chi connectivity index (χ1v) is 11.7. The number of nitrogens with zero attached hydrogens (tertiary/aromatic N) is 2. The number of thiocarbonyl (C=S) groups is 1. The lowest BCUT2D eigenvalue weighted by molar-refractivity contribution is -0.137. The summed E-state index contributed by atoms with van der Waals surface area (Å²) in [5, 5.41) is 12.8. The second kappa shape index (κ2) is 10.7. The van der Waals surface area contributed by atoms with Crippen LogP contribution in [0.15, 0.2) is 60.8 Å². The number of carbonyl (C=O) groups is 2. The molecule has 180 valence electrons. The van der Waals surface area contributed by atoms with E-state index in [4.69, 9.17) is 28.9 Å². The van der Waals surface area contributed by atoms with Crippen molar-refractivity contribution in [1.82, 2.24) is 20.6 Å². The highest BCUT2D eigenvalue weighted by Crippen LogP contribution is 2.32. The largest absolute Gasteiger partial charge is 0.480 e. The van der Waals surface area contributed by atoms with Crippen molar-refractivity contribution in [1.29, 1.82) is 0 Å². The highest BCUT2D eigenvalue weighted by atomic mass is 35.5. The van der Waals surface area contributed by atoms with Gasteiger partial charge in [0.05, 0.1) is 16.6 Å². The van der Waals surface area contributed by atoms with Gasteiger partial charge in [-0.3, -0.25) is 20.4 Å². The summed E-state index contributed by atoms with van der Waals surface area (Å²) in [7, 11) is 1.39. The van der Waals surface area contributed by atoms with Crippen molar-refractivity contribution >= 4 is 46.6 Å². The molecule has 0 aliphatic heterocycles. The van der Waals surface area contributed by atoms with E-state index in [1.807, 2.05) is 24.3 Å². The summed E-state index contributed by atoms with van der Waals surface area (Å²) >= 11 is 11.8. The minimum absolute atomic E-state index is 0.125. The van der Waals surface area contributed by atoms with Crippen LogP contribution in [0, 0.1) is 0 Å². The standard InChI is InChI=1S/C25H24ClN5O3S/c1-31(14-21(32)33)24(34)17-12-20(26)23(27-13-17)29-30-25(35)28-22-18-8-4-2-6-15(18)10-11-16-7-3-5-9-19(16)22/h2-9,12-13,22H,10-11,14H2,1H3,(H,27,29)(H,32,33)(H2,28,30,35). The first kappa shape index (κ1) is 24.4. The van der Waals surface area contributed by atoms with Gasteiger partial charge in [-0.1, -0.05) is 60.1 Å². The SMILES string of the molecule is CN(CC(=O)O)C(=O)c1cnc(NNC(=S)NC2c3ccccc3CCc3ccccc32)c(Cl)c1. The van der Waals surface area contributed by atoms with Crippen LogP contribution in [0.1, 0.15) is 38.7 Å². The Labute approximate surface area is 213 Å². The molecule has 35 heavy (non-hydrogen) atoms. The summed E-state index contributed by atoms with van der Waals surface area (Å²) in [4.78, 5) is 28.4. The quantitative estimate of drug-likeness (QED) is 0.295. The lowest BCUT2D eigenvalue weighted by Crippen LogP contribution is -2.41. The molecule has 4 N–H and O–H groups in total. The molecule has 0 fully saturated rings. The summed E-state index contributed by atoms with van der Waals surface area (Å²) in [6.07, 6.45) is 3.23. The summed E-state index contributed by atoms with van der Waals surface area (Å²) in [5.74, 6) is -1.33. The van der Waals surface area contributed by atoms with Crippen molar-refractivity contribution in [3.05, 3.63) is 93.6 Å². The maximum Gasteiger partial charge on any atom is 0.323 e. The highest BCUT2D eigenvalue weighted by Gasteiger charge is 2.24. The summed E-state index contributed by atoms with van der Waals surface area (Å²) < 4.78 is 0. The number of benzene rings is 2. The molecule has 0 unspecified atom stereocenters. The number of carboxylic acids is 1. The van der Waals surface area contributed by atoms with Crippen LogP contribution in [-0.2, 0) is 17.6 Å². The van der Waals surface area contributed by atoms with Crippen molar-refractivity contribution in [3.63, 3.8) is 0 Å². The minimum Gasteiger partial charge on any atom is -0.480 e. The van der Waals surface area contributed by atoms with Gasteiger partial charge >= 0.3 is 5.97 Å². The molecule has 0 bridgehead atoms. The van der Waals surface area contributed by atoms with Crippen LogP contribution in [-0.4, -0.2) is 45.6 Å². The van der Waals surface area contributed by atoms with Gasteiger partial charge in [-0.25, -0.2) is 4.98 Å². The molecule has 0 radical (unpaired) electrons. The maximum atomic E-state index is 12.4. The summed E-state index contributed by atoms with van der Waals surface area (Å²) in [6, 6.07) is 18.0. The van der Waals surface area contributed by atoms with E-state index >= 15 is 0 Å². The topological polar surface area (TPSA) is 107 Å². The Morgan fingerprint density at radius 2 is 1.71 bits per heavy atom. The van der Waals surface area contributed by atoms with Gasteiger partial charge in [0.2, 0.25) is 0 Å². The third kappa shape index (κ3) is 5.70. The van der Waals surface area contributed by atoms with Crippen molar-refractivity contribution < 1.29 is 14.7 Å². The number of carbonyl (C=O) groups excluding carboxylic acids is 1. The van der Waals surface area contributed by atoms with Crippen LogP contribution in [0.3, 0.4) is 0 Å². The number of hydrogen-bond donors (Lipinski definition) is 4. The molecule has 2 aromatic carbocycles. The van der Waals surface area contributed by atoms with Crippen LogP contribution >= 0.6 is 23.8 Å². The Morgan fingerprint density at radius 3 is 2.29 bits per heavy atom. The fraction of sp³-hybridized carbons (Fsp3) is 0.200. The van der Waals surface area contributed by atoms with Gasteiger partial charge in [0.1, 0.15) is 6.54 Å². The average molecular weight is 510 g/mol. The summed E-state index contributed by atoms with van der Waals surface area (Å²) in [5.41, 5.74) is 10.9. The predicted octanol–water partition coefficient (Wildman–Crippen LogP) is 3.57. The monoisotopic (exact) mass is 509 g/mol. The Balaban J connectivity index is 1.46. The number of nitrogens with one attached hydrogen (secondary N) is 3. The Morgan fingerprint density at radius 1 is 1.11 bits per heavy atom. The molecular formula is C25H24ClN5O3S. The number of aryl methyl sites for hydroxylation is 2. The van der Waals surface area contributed by atoms with Crippen molar-refractivity contribution in [2.24, 2.45) is 0 Å². The molecule has 0 saturated carbocycles. The molecule has 1 aliphatic rings. The molecule has 0 atom stereocenters. The van der Waals surface area contributed by atoms with Crippen molar-refractivity contribution in [2.45, 2.75) is 18.9 Å². The number of aromatic nitrogens is 1. The third-order valence-electron chi connectivity index (χ3n) is 5.77. The Bertz CT molecular complexity index is 1240. The van der Waals surface area contributed by atoms with E-state index in [0.717, 1.165) is 17.7 Å². The number of aliphatic carboxylic acids is 1. The van der Waals surface area contributed by atoms with Gasteiger partial charge in [0, 0.05) is 13.2 Å². The van der Waals surface area contributed by atoms with Gasteiger partial charge in [-0.2, -0.15) is 0 Å². The van der Waals surface area contributed by atoms with Crippen molar-refractivity contribution in [2.75, 3.05) is 19.0 Å². The normalized spacial score (nSPS) is 12.5. The van der Waals surface area contributed by atoms with Crippen LogP contribution < -0.4 is 16.2 Å². The van der Waals surface area contributed by atoms with Crippen LogP contribution in [0.25, 0.3) is 0 Å². The van der Waals surface area contributed by atoms with E-state index in [0.29, 0.717) is 5.11 Å². The number of halogens is 1. The number of anilines is 1. The van der Waals surface area contributed by atoms with Gasteiger partial charge in [0.25, 0.3) is 5.91 Å². The number of likely N-dealkylation sites (N-methyl/N-ethyl adjacent to an activating group) is 1. The number of hydrazine groups is 1. The first-order chi connectivity index (χ1) is 16.8. The van der Waals surface area contributed by atoms with Crippen LogP contribution in [0.5, 0.6) is 0 Å². The number of carboxylic acid groups (broad SMARTS) is 1. The number of amides is 1. The number of hydrogen-bond acceptors (Lipinski definition) is 5. The fourth-order valence-electron chi connectivity index (χ4n) is 4.10. The summed E-state index contributed by atoms with van der Waals surface area (Å²) in [6.45, 7) is -0.425. The van der Waals surface area contributed by atoms with Crippen molar-refractivity contribution in [3.8, 4) is 0 Å². The van der Waals surface area contributed by atoms with Gasteiger partial charge in [0.15, 0.2) is 10.9 Å². The maximum absolute atomic E-state index is 12.4. The molecule has 1 heterocycles. The van der Waals surface area contributed by atoms with E-state index in [1.54, 1.807) is 0 Å². The number of rotatable bonds is 6. The lowest BCUT2D eigenvalue weighted by atomic mass is 9.95. The zero-order valence-corrected chi connectivity index (χ0v) is 20.5. The molecule has 0 spiro atoms. The molecule has 1 aromatic heterocycles. The Hall–Kier alpha value is -3.69. The first-order valence-electron chi connectivity index (χ1n) is 10.9. The molecule has 10 heteroatoms. The second-order valence-corrected chi connectivity index (χ2v) is 8.98. The minimum atomic E-state index is -1.11. The van der Waals surface area contributed by atoms with E-state index in [2.05, 4.69) is 45.4 Å². The van der Waals surface area contributed by atoms with Gasteiger partial charge < -0.3 is 15.3 Å². The molecule has 1 amide bonds. The molecule has 4 rings (SSSR count). The second-order valence-electron chi connectivity index (χ2n) is 8.16. The van der Waals surface area contributed by atoms with Gasteiger partial charge in [-0.15, -0.1) is 0 Å². The third-order valence-corrected chi connectivity index (χ3v) is 6.28. The van der Waals surface area contributed by atoms with Gasteiger partial charge in [-0.05, 0) is 53.4 Å². The molecule has 1 aliphatic carbocycles. The Kier molecular flexibility index (Phi) is 7.48. The zero-order valence-electron chi connectivity index (χ0n) is 18.9. The predicted molar refractivity (Wildman–Crippen MR) is 138 cm³/mol. The van der Waals surface area contributed by atoms with Crippen LogP contribution in [0.2, 0.25) is 5.02 Å². The highest BCUT2D eigenvalue weighted by molar-refractivity contribution is 7.80. The smallest absolute Gasteiger partial charge is 0.323 e. The number of fused-ring (bicyclic) bond motifs is 2. The molecule has 8 nitrogen and oxygen atoms in total. The number of pyridine rings is 1. The average Bonchev–Trinajstić information content (AvgIpc) is 2.99. The van der Waals surface area contributed by atoms with Crippen LogP contribution in [0.4, 0.5) is 5.82 Å². The zero-order chi connectivity index (χ0) is 24.9. The molecule has 0 saturated heterocycles. The van der Waals surface area contributed by atoms with E-state index in [1.165, 1.54) is 41.6 Å². The lowest BCUT2D eigenvalue weighted by Gasteiger charge is -2.24. The van der Waals surface area contributed by atoms with E-state index in [-0.39, 0.29) is 22.4 Å². The molecular weight excluding hydrogens is 486 g/mol.